The number of hydrogen-bond donors (Lipinski definition) is 2. The molecule has 3 amide bonds. The lowest BCUT2D eigenvalue weighted by Gasteiger charge is -2.38. The molecule has 4 fully saturated rings. The number of carbonyl (C=O) groups excluding carboxylic acids is 3. The minimum atomic E-state index is -0.847. The molecule has 202 valence electrons. The fourth-order valence-corrected chi connectivity index (χ4v) is 6.69. The maximum Gasteiger partial charge on any atom is 0.411 e. The van der Waals surface area contributed by atoms with Crippen molar-refractivity contribution in [2.45, 2.75) is 89.1 Å². The number of likely N-dealkylation sites (tertiary alicyclic amines) is 1. The fourth-order valence-electron chi connectivity index (χ4n) is 6.69. The van der Waals surface area contributed by atoms with Crippen LogP contribution in [0.3, 0.4) is 0 Å². The maximum atomic E-state index is 13.4. The number of rotatable bonds is 6. The summed E-state index contributed by atoms with van der Waals surface area (Å²) in [6, 6.07) is 7.40. The summed E-state index contributed by atoms with van der Waals surface area (Å²) >= 11 is 0. The predicted octanol–water partition coefficient (Wildman–Crippen LogP) is 2.27. The Hall–Kier alpha value is -2.81. The first-order chi connectivity index (χ1) is 17.6. The molecule has 0 aromatic heterocycles. The van der Waals surface area contributed by atoms with Crippen LogP contribution in [0.25, 0.3) is 0 Å². The Morgan fingerprint density at radius 1 is 1.05 bits per heavy atom. The van der Waals surface area contributed by atoms with E-state index >= 15 is 0 Å². The lowest BCUT2D eigenvalue weighted by atomic mass is 9.97. The number of carbonyl (C=O) groups is 3. The van der Waals surface area contributed by atoms with Gasteiger partial charge < -0.3 is 20.7 Å². The van der Waals surface area contributed by atoms with Gasteiger partial charge in [0.1, 0.15) is 17.7 Å². The highest BCUT2D eigenvalue weighted by atomic mass is 16.6. The average Bonchev–Trinajstić information content (AvgIpc) is 3.58. The molecule has 9 heteroatoms. The summed E-state index contributed by atoms with van der Waals surface area (Å²) in [5.74, 6) is -0.833. The Bertz CT molecular complexity index is 1020. The highest BCUT2D eigenvalue weighted by Gasteiger charge is 2.52. The van der Waals surface area contributed by atoms with E-state index in [1.165, 1.54) is 25.1 Å². The van der Waals surface area contributed by atoms with E-state index in [0.29, 0.717) is 12.5 Å². The number of nitrogens with zero attached hydrogens (tertiary/aromatic N) is 3. The fraction of sp³-hybridized carbons (Fsp3) is 0.679. The third-order valence-corrected chi connectivity index (χ3v) is 8.45. The number of amides is 3. The minimum Gasteiger partial charge on any atom is -0.444 e. The lowest BCUT2D eigenvalue weighted by molar-refractivity contribution is -0.132. The first kappa shape index (κ1) is 25.8. The van der Waals surface area contributed by atoms with Gasteiger partial charge in [-0.2, -0.15) is 0 Å². The van der Waals surface area contributed by atoms with Crippen molar-refractivity contribution in [1.82, 2.24) is 15.1 Å². The van der Waals surface area contributed by atoms with E-state index in [0.717, 1.165) is 44.5 Å². The Balaban J connectivity index is 1.22. The van der Waals surface area contributed by atoms with Gasteiger partial charge in [-0.25, -0.2) is 4.79 Å². The number of piperazine rings is 1. The molecule has 1 aromatic carbocycles. The second-order valence-corrected chi connectivity index (χ2v) is 12.2. The van der Waals surface area contributed by atoms with E-state index in [1.54, 1.807) is 4.90 Å². The number of ether oxygens (including phenoxy) is 1. The topological polar surface area (TPSA) is 108 Å². The van der Waals surface area contributed by atoms with E-state index in [4.69, 9.17) is 10.5 Å². The van der Waals surface area contributed by atoms with E-state index in [-0.39, 0.29) is 17.9 Å². The molecule has 1 unspecified atom stereocenters. The van der Waals surface area contributed by atoms with Crippen LogP contribution in [0, 0.1) is 5.92 Å². The summed E-state index contributed by atoms with van der Waals surface area (Å²) in [4.78, 5) is 45.3. The van der Waals surface area contributed by atoms with Crippen LogP contribution in [0.5, 0.6) is 0 Å². The highest BCUT2D eigenvalue weighted by molar-refractivity contribution is 5.91. The van der Waals surface area contributed by atoms with Gasteiger partial charge in [-0.05, 0) is 83.0 Å². The van der Waals surface area contributed by atoms with Crippen LogP contribution < -0.4 is 16.0 Å². The molecule has 4 aliphatic rings. The molecule has 0 spiro atoms. The average molecular weight is 512 g/mol. The van der Waals surface area contributed by atoms with Crippen LogP contribution in [0.4, 0.5) is 10.5 Å². The van der Waals surface area contributed by atoms with Crippen molar-refractivity contribution >= 4 is 23.6 Å². The summed E-state index contributed by atoms with van der Waals surface area (Å²) < 4.78 is 5.60. The molecule has 3 saturated heterocycles. The van der Waals surface area contributed by atoms with Gasteiger partial charge in [0.2, 0.25) is 11.8 Å². The Labute approximate surface area is 219 Å². The van der Waals surface area contributed by atoms with Crippen LogP contribution in [0.15, 0.2) is 24.3 Å². The van der Waals surface area contributed by atoms with Crippen LogP contribution in [-0.2, 0) is 20.7 Å². The summed E-state index contributed by atoms with van der Waals surface area (Å²) in [6.45, 7) is 9.84. The number of benzene rings is 1. The zero-order valence-electron chi connectivity index (χ0n) is 22.3. The molecular formula is C28H41N5O4. The molecule has 5 rings (SSSR count). The highest BCUT2D eigenvalue weighted by Crippen LogP contribution is 2.43. The number of nitrogens with two attached hydrogens (primary N) is 1. The molecular weight excluding hydrogens is 470 g/mol. The van der Waals surface area contributed by atoms with Gasteiger partial charge in [0.15, 0.2) is 0 Å². The Morgan fingerprint density at radius 2 is 1.81 bits per heavy atom. The molecule has 3 aliphatic heterocycles. The summed E-state index contributed by atoms with van der Waals surface area (Å²) in [5, 5.41) is 2.86. The molecule has 1 aliphatic carbocycles. The van der Waals surface area contributed by atoms with E-state index in [2.05, 4.69) is 27.2 Å². The van der Waals surface area contributed by atoms with Crippen molar-refractivity contribution in [3.8, 4) is 0 Å². The molecule has 1 saturated carbocycles. The molecule has 1 aromatic rings. The van der Waals surface area contributed by atoms with Crippen molar-refractivity contribution < 1.29 is 19.1 Å². The Morgan fingerprint density at radius 3 is 2.51 bits per heavy atom. The first-order valence-corrected chi connectivity index (χ1v) is 13.8. The van der Waals surface area contributed by atoms with Crippen LogP contribution in [0.2, 0.25) is 0 Å². The molecule has 3 heterocycles. The third kappa shape index (κ3) is 5.56. The first-order valence-electron chi connectivity index (χ1n) is 13.8. The number of fused-ring (bicyclic) bond motifs is 3. The smallest absolute Gasteiger partial charge is 0.411 e. The van der Waals surface area contributed by atoms with Crippen molar-refractivity contribution in [2.75, 3.05) is 31.1 Å². The van der Waals surface area contributed by atoms with Crippen LogP contribution >= 0.6 is 0 Å². The molecule has 2 bridgehead atoms. The summed E-state index contributed by atoms with van der Waals surface area (Å²) in [7, 11) is 0. The standard InChI is InChI=1S/C28H41N5O4/c1-28(2,3)37-27(36)33-21-11-8-19(16-21)24(33)26(35)30-23(25(29)34)15-18-6-9-20(10-7-18)32-14-13-31-12-4-5-22(31)17-32/h6-7,9-10,19,21-24H,4-5,8,11-17H2,1-3H3,(H2,29,34)(H,30,35)/t19-,21+,22?,23-,24-/m0/s1. The summed E-state index contributed by atoms with van der Waals surface area (Å²) in [5.41, 5.74) is 7.18. The summed E-state index contributed by atoms with van der Waals surface area (Å²) in [6.07, 6.45) is 4.94. The van der Waals surface area contributed by atoms with Crippen molar-refractivity contribution in [3.63, 3.8) is 0 Å². The van der Waals surface area contributed by atoms with E-state index < -0.39 is 29.7 Å². The van der Waals surface area contributed by atoms with Gasteiger partial charge >= 0.3 is 6.09 Å². The molecule has 0 radical (unpaired) electrons. The SMILES string of the molecule is CC(C)(C)OC(=O)N1[C@@H]2CC[C@@H](C2)[C@H]1C(=O)N[C@@H](Cc1ccc(N2CCN3CCCC3C2)cc1)C(N)=O. The number of nitrogens with one attached hydrogen (secondary N) is 1. The van der Waals surface area contributed by atoms with Gasteiger partial charge in [-0.1, -0.05) is 12.1 Å². The minimum absolute atomic E-state index is 0.00118. The largest absolute Gasteiger partial charge is 0.444 e. The lowest BCUT2D eigenvalue weighted by Crippen LogP contribution is -2.57. The van der Waals surface area contributed by atoms with E-state index in [1.807, 2.05) is 32.9 Å². The normalized spacial score (nSPS) is 28.2. The van der Waals surface area contributed by atoms with Gasteiger partial charge in [0.25, 0.3) is 0 Å². The van der Waals surface area contributed by atoms with E-state index in [9.17, 15) is 14.4 Å². The van der Waals surface area contributed by atoms with Gasteiger partial charge in [-0.3, -0.25) is 19.4 Å². The van der Waals surface area contributed by atoms with Gasteiger partial charge in [-0.15, -0.1) is 0 Å². The predicted molar refractivity (Wildman–Crippen MR) is 141 cm³/mol. The zero-order chi connectivity index (χ0) is 26.3. The van der Waals surface area contributed by atoms with Crippen LogP contribution in [-0.4, -0.2) is 83.7 Å². The Kier molecular flexibility index (Phi) is 7.09. The van der Waals surface area contributed by atoms with Gasteiger partial charge in [0, 0.05) is 43.8 Å². The van der Waals surface area contributed by atoms with Crippen molar-refractivity contribution in [1.29, 1.82) is 0 Å². The number of piperidine rings is 1. The van der Waals surface area contributed by atoms with Crippen molar-refractivity contribution in [3.05, 3.63) is 29.8 Å². The second kappa shape index (κ2) is 10.2. The number of primary amides is 1. The molecule has 9 nitrogen and oxygen atoms in total. The quantitative estimate of drug-likeness (QED) is 0.607. The van der Waals surface area contributed by atoms with Crippen LogP contribution in [0.1, 0.15) is 58.4 Å². The zero-order valence-corrected chi connectivity index (χ0v) is 22.3. The number of anilines is 1. The van der Waals surface area contributed by atoms with Crippen molar-refractivity contribution in [2.24, 2.45) is 11.7 Å². The maximum absolute atomic E-state index is 13.4. The molecule has 37 heavy (non-hydrogen) atoms. The molecule has 5 atom stereocenters. The third-order valence-electron chi connectivity index (χ3n) is 8.45. The van der Waals surface area contributed by atoms with Gasteiger partial charge in [0.05, 0.1) is 0 Å². The second-order valence-electron chi connectivity index (χ2n) is 12.2. The monoisotopic (exact) mass is 511 g/mol. The molecule has 3 N–H and O–H groups in total. The number of hydrogen-bond acceptors (Lipinski definition) is 6.